The zero-order valence-electron chi connectivity index (χ0n) is 21.1. The van der Waals surface area contributed by atoms with Gasteiger partial charge < -0.3 is 14.5 Å². The van der Waals surface area contributed by atoms with Crippen molar-refractivity contribution < 1.29 is 18.7 Å². The third-order valence-electron chi connectivity index (χ3n) is 6.79. The zero-order chi connectivity index (χ0) is 25.8. The highest BCUT2D eigenvalue weighted by molar-refractivity contribution is 6.01. The first kappa shape index (κ1) is 24.5. The number of para-hydroxylation sites is 1. The third kappa shape index (κ3) is 5.35. The summed E-state index contributed by atoms with van der Waals surface area (Å²) in [4.78, 5) is 29.4. The first-order chi connectivity index (χ1) is 18.0. The molecule has 9 nitrogen and oxygen atoms in total. The number of benzene rings is 2. The summed E-state index contributed by atoms with van der Waals surface area (Å²) < 4.78 is 12.9. The second kappa shape index (κ2) is 10.9. The molecule has 0 unspecified atom stereocenters. The quantitative estimate of drug-likeness (QED) is 0.380. The van der Waals surface area contributed by atoms with Crippen LogP contribution in [0.2, 0.25) is 0 Å². The molecule has 5 rings (SSSR count). The number of aryl methyl sites for hydroxylation is 1. The minimum atomic E-state index is -1.01. The summed E-state index contributed by atoms with van der Waals surface area (Å²) in [6.07, 6.45) is 5.18. The number of nitrogens with one attached hydrogen (secondary N) is 1. The van der Waals surface area contributed by atoms with Gasteiger partial charge in [-0.15, -0.1) is 5.10 Å². The zero-order valence-corrected chi connectivity index (χ0v) is 21.1. The first-order valence-electron chi connectivity index (χ1n) is 12.6. The Hall–Kier alpha value is -4.14. The number of amides is 2. The second-order valence-corrected chi connectivity index (χ2v) is 9.40. The SMILES string of the molecule is COc1cccc(N(C(=O)Cn2nnc3ccccc32)[C@@H](C(=O)NC2CCCCC2)c2ccc(C)o2)c1. The van der Waals surface area contributed by atoms with Gasteiger partial charge in [-0.25, -0.2) is 4.68 Å². The normalized spacial score (nSPS) is 14.9. The van der Waals surface area contributed by atoms with Crippen LogP contribution in [-0.2, 0) is 16.1 Å². The smallest absolute Gasteiger partial charge is 0.251 e. The Bertz CT molecular complexity index is 1390. The Morgan fingerprint density at radius 3 is 2.68 bits per heavy atom. The number of aromatic nitrogens is 3. The summed E-state index contributed by atoms with van der Waals surface area (Å²) in [5.41, 5.74) is 1.95. The van der Waals surface area contributed by atoms with Crippen LogP contribution in [0.25, 0.3) is 11.0 Å². The van der Waals surface area contributed by atoms with E-state index in [1.54, 1.807) is 48.2 Å². The van der Waals surface area contributed by atoms with E-state index >= 15 is 0 Å². The van der Waals surface area contributed by atoms with Crippen molar-refractivity contribution in [2.45, 2.75) is 57.7 Å². The fraction of sp³-hybridized carbons (Fsp3) is 0.357. The van der Waals surface area contributed by atoms with Gasteiger partial charge in [0.2, 0.25) is 5.91 Å². The highest BCUT2D eigenvalue weighted by atomic mass is 16.5. The topological polar surface area (TPSA) is 102 Å². The van der Waals surface area contributed by atoms with E-state index in [4.69, 9.17) is 9.15 Å². The molecule has 0 bridgehead atoms. The molecule has 9 heteroatoms. The van der Waals surface area contributed by atoms with Crippen LogP contribution >= 0.6 is 0 Å². The van der Waals surface area contributed by atoms with Crippen molar-refractivity contribution in [1.29, 1.82) is 0 Å². The molecule has 1 aliphatic carbocycles. The van der Waals surface area contributed by atoms with E-state index in [1.165, 1.54) is 11.3 Å². The molecule has 1 atom stereocenters. The van der Waals surface area contributed by atoms with E-state index in [0.717, 1.165) is 31.2 Å². The lowest BCUT2D eigenvalue weighted by Crippen LogP contribution is -2.48. The number of methoxy groups -OCH3 is 1. The van der Waals surface area contributed by atoms with Crippen molar-refractivity contribution >= 4 is 28.5 Å². The molecule has 0 saturated heterocycles. The Morgan fingerprint density at radius 1 is 1.11 bits per heavy atom. The van der Waals surface area contributed by atoms with Gasteiger partial charge in [0.15, 0.2) is 6.04 Å². The maximum Gasteiger partial charge on any atom is 0.251 e. The molecule has 1 saturated carbocycles. The number of hydrogen-bond acceptors (Lipinski definition) is 6. The second-order valence-electron chi connectivity index (χ2n) is 9.40. The minimum Gasteiger partial charge on any atom is -0.497 e. The number of carbonyl (C=O) groups is 2. The van der Waals surface area contributed by atoms with Crippen molar-refractivity contribution in [3.8, 4) is 5.75 Å². The lowest BCUT2D eigenvalue weighted by Gasteiger charge is -2.32. The molecule has 2 heterocycles. The van der Waals surface area contributed by atoms with Gasteiger partial charge in [0, 0.05) is 17.8 Å². The molecule has 37 heavy (non-hydrogen) atoms. The van der Waals surface area contributed by atoms with Gasteiger partial charge >= 0.3 is 0 Å². The highest BCUT2D eigenvalue weighted by Gasteiger charge is 2.36. The molecule has 1 N–H and O–H groups in total. The van der Waals surface area contributed by atoms with Gasteiger partial charge in [-0.05, 0) is 56.2 Å². The van der Waals surface area contributed by atoms with Crippen molar-refractivity contribution in [3.05, 3.63) is 72.2 Å². The minimum absolute atomic E-state index is 0.0707. The number of nitrogens with zero attached hydrogens (tertiary/aromatic N) is 4. The lowest BCUT2D eigenvalue weighted by molar-refractivity contribution is -0.128. The monoisotopic (exact) mass is 501 g/mol. The van der Waals surface area contributed by atoms with Crippen LogP contribution in [0.5, 0.6) is 5.75 Å². The maximum absolute atomic E-state index is 14.0. The average molecular weight is 502 g/mol. The van der Waals surface area contributed by atoms with E-state index < -0.39 is 6.04 Å². The summed E-state index contributed by atoms with van der Waals surface area (Å²) in [6.45, 7) is 1.71. The summed E-state index contributed by atoms with van der Waals surface area (Å²) >= 11 is 0. The molecule has 2 aromatic heterocycles. The number of ether oxygens (including phenoxy) is 1. The number of carbonyl (C=O) groups excluding carboxylic acids is 2. The predicted molar refractivity (Wildman–Crippen MR) is 139 cm³/mol. The average Bonchev–Trinajstić information content (AvgIpc) is 3.53. The van der Waals surface area contributed by atoms with Gasteiger partial charge in [-0.2, -0.15) is 0 Å². The fourth-order valence-electron chi connectivity index (χ4n) is 4.94. The molecule has 2 aromatic carbocycles. The Morgan fingerprint density at radius 2 is 1.92 bits per heavy atom. The van der Waals surface area contributed by atoms with Gasteiger partial charge in [-0.3, -0.25) is 14.5 Å². The summed E-state index contributed by atoms with van der Waals surface area (Å²) in [6, 6.07) is 17.2. The Labute approximate surface area is 215 Å². The molecular formula is C28H31N5O4. The van der Waals surface area contributed by atoms with E-state index in [9.17, 15) is 9.59 Å². The standard InChI is InChI=1S/C28H31N5O4/c1-19-15-16-25(37-19)27(28(35)29-20-9-4-3-5-10-20)33(21-11-8-12-22(17-21)36-2)26(34)18-32-24-14-7-6-13-23(24)30-31-32/h6-8,11-17,20,27H,3-5,9-10,18H2,1-2H3,(H,29,35)/t27-/m1/s1. The fourth-order valence-corrected chi connectivity index (χ4v) is 4.94. The first-order valence-corrected chi connectivity index (χ1v) is 12.6. The van der Waals surface area contributed by atoms with Crippen molar-refractivity contribution in [3.63, 3.8) is 0 Å². The third-order valence-corrected chi connectivity index (χ3v) is 6.79. The lowest BCUT2D eigenvalue weighted by atomic mass is 9.95. The van der Waals surface area contributed by atoms with Gasteiger partial charge in [-0.1, -0.05) is 42.7 Å². The van der Waals surface area contributed by atoms with Crippen molar-refractivity contribution in [2.75, 3.05) is 12.0 Å². The van der Waals surface area contributed by atoms with Crippen LogP contribution in [0.4, 0.5) is 5.69 Å². The summed E-state index contributed by atoms with van der Waals surface area (Å²) in [7, 11) is 1.57. The molecule has 1 aliphatic rings. The molecule has 0 radical (unpaired) electrons. The Kier molecular flexibility index (Phi) is 7.20. The van der Waals surface area contributed by atoms with Crippen LogP contribution in [0.15, 0.2) is 65.1 Å². The number of rotatable bonds is 8. The van der Waals surface area contributed by atoms with Crippen LogP contribution < -0.4 is 15.0 Å². The molecule has 4 aromatic rings. The summed E-state index contributed by atoms with van der Waals surface area (Å²) in [5, 5.41) is 11.6. The van der Waals surface area contributed by atoms with Gasteiger partial charge in [0.1, 0.15) is 29.3 Å². The summed E-state index contributed by atoms with van der Waals surface area (Å²) in [5.74, 6) is 1.02. The van der Waals surface area contributed by atoms with E-state index in [2.05, 4.69) is 15.6 Å². The molecule has 0 aliphatic heterocycles. The molecular weight excluding hydrogens is 470 g/mol. The number of anilines is 1. The molecule has 0 spiro atoms. The number of hydrogen-bond donors (Lipinski definition) is 1. The van der Waals surface area contributed by atoms with Crippen LogP contribution in [0.3, 0.4) is 0 Å². The molecule has 192 valence electrons. The number of fused-ring (bicyclic) bond motifs is 1. The van der Waals surface area contributed by atoms with Crippen LogP contribution in [0.1, 0.15) is 49.7 Å². The maximum atomic E-state index is 14.0. The van der Waals surface area contributed by atoms with E-state index in [-0.39, 0.29) is 24.4 Å². The van der Waals surface area contributed by atoms with E-state index in [0.29, 0.717) is 28.5 Å². The van der Waals surface area contributed by atoms with Crippen molar-refractivity contribution in [1.82, 2.24) is 20.3 Å². The van der Waals surface area contributed by atoms with Crippen LogP contribution in [0, 0.1) is 6.92 Å². The molecule has 1 fully saturated rings. The Balaban J connectivity index is 1.55. The van der Waals surface area contributed by atoms with Gasteiger partial charge in [0.25, 0.3) is 5.91 Å². The largest absolute Gasteiger partial charge is 0.497 e. The highest BCUT2D eigenvalue weighted by Crippen LogP contribution is 2.32. The van der Waals surface area contributed by atoms with E-state index in [1.807, 2.05) is 31.2 Å². The predicted octanol–water partition coefficient (Wildman–Crippen LogP) is 4.56. The van der Waals surface area contributed by atoms with Crippen LogP contribution in [-0.4, -0.2) is 40.0 Å². The molecule has 2 amide bonds. The van der Waals surface area contributed by atoms with Crippen molar-refractivity contribution in [2.24, 2.45) is 0 Å². The number of furan rings is 1. The van der Waals surface area contributed by atoms with Gasteiger partial charge in [0.05, 0.1) is 12.6 Å².